The van der Waals surface area contributed by atoms with Gasteiger partial charge in [-0.25, -0.2) is 0 Å². The number of benzene rings is 1. The number of nitrogens with one attached hydrogen (secondary N) is 1. The van der Waals surface area contributed by atoms with Crippen molar-refractivity contribution in [3.05, 3.63) is 54.4 Å². The number of para-hydroxylation sites is 1. The molecule has 6 nitrogen and oxygen atoms in total. The summed E-state index contributed by atoms with van der Waals surface area (Å²) >= 11 is 0. The van der Waals surface area contributed by atoms with Gasteiger partial charge in [-0.2, -0.15) is 0 Å². The zero-order valence-electron chi connectivity index (χ0n) is 14.8. The first-order valence-electron chi connectivity index (χ1n) is 7.81. The maximum Gasteiger partial charge on any atom is 0.193 e. The zero-order valence-corrected chi connectivity index (χ0v) is 17.1. The second-order valence-electron chi connectivity index (χ2n) is 5.18. The molecule has 0 aliphatic heterocycles. The van der Waals surface area contributed by atoms with Gasteiger partial charge in [-0.3, -0.25) is 9.98 Å². The molecule has 0 aliphatic carbocycles. The number of rotatable bonds is 7. The Hall–Kier alpha value is -2.03. The normalized spacial score (nSPS) is 10.6. The second-order valence-corrected chi connectivity index (χ2v) is 5.18. The van der Waals surface area contributed by atoms with E-state index in [-0.39, 0.29) is 24.0 Å². The highest BCUT2D eigenvalue weighted by molar-refractivity contribution is 14.0. The molecule has 7 heteroatoms. The highest BCUT2D eigenvalue weighted by Gasteiger charge is 2.09. The van der Waals surface area contributed by atoms with Crippen molar-refractivity contribution in [2.24, 2.45) is 4.99 Å². The largest absolute Gasteiger partial charge is 0.496 e. The molecule has 0 atom stereocenters. The molecule has 25 heavy (non-hydrogen) atoms. The summed E-state index contributed by atoms with van der Waals surface area (Å²) in [4.78, 5) is 10.4. The fourth-order valence-corrected chi connectivity index (χ4v) is 2.31. The monoisotopic (exact) mass is 456 g/mol. The molecule has 0 saturated heterocycles. The molecular weight excluding hydrogens is 431 g/mol. The minimum Gasteiger partial charge on any atom is -0.496 e. The van der Waals surface area contributed by atoms with Crippen molar-refractivity contribution in [2.45, 2.75) is 6.54 Å². The number of pyridine rings is 1. The van der Waals surface area contributed by atoms with Crippen molar-refractivity contribution in [2.75, 3.05) is 34.4 Å². The van der Waals surface area contributed by atoms with E-state index in [1.165, 1.54) is 0 Å². The van der Waals surface area contributed by atoms with E-state index in [4.69, 9.17) is 9.47 Å². The van der Waals surface area contributed by atoms with Crippen LogP contribution < -0.4 is 14.8 Å². The lowest BCUT2D eigenvalue weighted by molar-refractivity contribution is 0.317. The van der Waals surface area contributed by atoms with E-state index < -0.39 is 0 Å². The summed E-state index contributed by atoms with van der Waals surface area (Å²) < 4.78 is 11.0. The van der Waals surface area contributed by atoms with Crippen LogP contribution in [0, 0.1) is 0 Å². The molecule has 0 bridgehead atoms. The molecule has 2 rings (SSSR count). The van der Waals surface area contributed by atoms with Crippen LogP contribution in [-0.2, 0) is 6.54 Å². The van der Waals surface area contributed by atoms with Crippen LogP contribution in [0.4, 0.5) is 0 Å². The quantitative estimate of drug-likeness (QED) is 0.301. The van der Waals surface area contributed by atoms with Gasteiger partial charge < -0.3 is 19.7 Å². The van der Waals surface area contributed by atoms with Crippen LogP contribution >= 0.6 is 24.0 Å². The zero-order chi connectivity index (χ0) is 17.2. The first kappa shape index (κ1) is 21.0. The lowest BCUT2D eigenvalue weighted by atomic mass is 10.2. The molecule has 1 heterocycles. The van der Waals surface area contributed by atoms with Crippen LogP contribution in [-0.4, -0.2) is 50.2 Å². The SMILES string of the molecule is CN=C(NCCOc1cccnc1)N(C)Cc1ccccc1OC.I. The topological polar surface area (TPSA) is 59.0 Å². The first-order chi connectivity index (χ1) is 11.7. The van der Waals surface area contributed by atoms with E-state index in [9.17, 15) is 0 Å². The molecule has 0 radical (unpaired) electrons. The van der Waals surface area contributed by atoms with Gasteiger partial charge in [0.2, 0.25) is 0 Å². The highest BCUT2D eigenvalue weighted by atomic mass is 127. The highest BCUT2D eigenvalue weighted by Crippen LogP contribution is 2.18. The molecule has 1 N–H and O–H groups in total. The Balaban J connectivity index is 0.00000312. The fourth-order valence-electron chi connectivity index (χ4n) is 2.31. The third-order valence-electron chi connectivity index (χ3n) is 3.46. The lowest BCUT2D eigenvalue weighted by Gasteiger charge is -2.23. The summed E-state index contributed by atoms with van der Waals surface area (Å²) in [7, 11) is 5.44. The van der Waals surface area contributed by atoms with E-state index in [2.05, 4.69) is 15.3 Å². The molecule has 0 saturated carbocycles. The molecule has 2 aromatic rings. The Morgan fingerprint density at radius 2 is 2.04 bits per heavy atom. The van der Waals surface area contributed by atoms with E-state index in [1.807, 2.05) is 48.3 Å². The fraction of sp³-hybridized carbons (Fsp3) is 0.333. The van der Waals surface area contributed by atoms with Gasteiger partial charge in [0.1, 0.15) is 18.1 Å². The molecule has 1 aromatic heterocycles. The van der Waals surface area contributed by atoms with Crippen molar-refractivity contribution >= 4 is 29.9 Å². The van der Waals surface area contributed by atoms with Crippen molar-refractivity contribution in [3.63, 3.8) is 0 Å². The van der Waals surface area contributed by atoms with Crippen LogP contribution in [0.25, 0.3) is 0 Å². The summed E-state index contributed by atoms with van der Waals surface area (Å²) in [5.41, 5.74) is 1.11. The Morgan fingerprint density at radius 1 is 1.24 bits per heavy atom. The second kappa shape index (κ2) is 11.5. The van der Waals surface area contributed by atoms with Gasteiger partial charge in [-0.1, -0.05) is 18.2 Å². The van der Waals surface area contributed by atoms with Crippen LogP contribution in [0.2, 0.25) is 0 Å². The average molecular weight is 456 g/mol. The van der Waals surface area contributed by atoms with Gasteiger partial charge in [-0.05, 0) is 18.2 Å². The van der Waals surface area contributed by atoms with E-state index >= 15 is 0 Å². The van der Waals surface area contributed by atoms with Crippen molar-refractivity contribution in [3.8, 4) is 11.5 Å². The third-order valence-corrected chi connectivity index (χ3v) is 3.46. The first-order valence-corrected chi connectivity index (χ1v) is 7.81. The van der Waals surface area contributed by atoms with Crippen LogP contribution in [0.15, 0.2) is 53.8 Å². The summed E-state index contributed by atoms with van der Waals surface area (Å²) in [5.74, 6) is 2.44. The predicted octanol–water partition coefficient (Wildman–Crippen LogP) is 2.79. The van der Waals surface area contributed by atoms with Crippen molar-refractivity contribution in [1.82, 2.24) is 15.2 Å². The number of hydrogen-bond donors (Lipinski definition) is 1. The number of ether oxygens (including phenoxy) is 2. The maximum atomic E-state index is 5.62. The molecule has 0 spiro atoms. The molecular formula is C18H25IN4O2. The number of aliphatic imine (C=N–C) groups is 1. The number of nitrogens with zero attached hydrogens (tertiary/aromatic N) is 3. The van der Waals surface area contributed by atoms with Crippen molar-refractivity contribution < 1.29 is 9.47 Å². The third kappa shape index (κ3) is 6.77. The minimum atomic E-state index is 0. The summed E-state index contributed by atoms with van der Waals surface area (Å²) in [6, 6.07) is 11.7. The smallest absolute Gasteiger partial charge is 0.193 e. The van der Waals surface area contributed by atoms with Crippen molar-refractivity contribution in [1.29, 1.82) is 0 Å². The molecule has 0 aliphatic rings. The molecule has 136 valence electrons. The Bertz CT molecular complexity index is 653. The lowest BCUT2D eigenvalue weighted by Crippen LogP contribution is -2.40. The Labute approximate surface area is 166 Å². The van der Waals surface area contributed by atoms with Gasteiger partial charge in [0, 0.05) is 32.4 Å². The van der Waals surface area contributed by atoms with Gasteiger partial charge >= 0.3 is 0 Å². The van der Waals surface area contributed by atoms with Crippen LogP contribution in [0.1, 0.15) is 5.56 Å². The van der Waals surface area contributed by atoms with E-state index in [1.54, 1.807) is 26.6 Å². The molecule has 0 amide bonds. The molecule has 1 aromatic carbocycles. The van der Waals surface area contributed by atoms with Crippen LogP contribution in [0.3, 0.4) is 0 Å². The van der Waals surface area contributed by atoms with Gasteiger partial charge in [-0.15, -0.1) is 24.0 Å². The van der Waals surface area contributed by atoms with E-state index in [0.29, 0.717) is 19.7 Å². The van der Waals surface area contributed by atoms with Gasteiger partial charge in [0.05, 0.1) is 19.9 Å². The minimum absolute atomic E-state index is 0. The number of guanidine groups is 1. The summed E-state index contributed by atoms with van der Waals surface area (Å²) in [6.45, 7) is 1.89. The number of methoxy groups -OCH3 is 1. The van der Waals surface area contributed by atoms with Gasteiger partial charge in [0.25, 0.3) is 0 Å². The maximum absolute atomic E-state index is 5.62. The van der Waals surface area contributed by atoms with Crippen LogP contribution in [0.5, 0.6) is 11.5 Å². The molecule has 0 unspecified atom stereocenters. The predicted molar refractivity (Wildman–Crippen MR) is 111 cm³/mol. The average Bonchev–Trinajstić information content (AvgIpc) is 2.63. The standard InChI is InChI=1S/C18H24N4O2.HI/c1-19-18(21-11-12-24-16-8-6-10-20-13-16)22(2)14-15-7-4-5-9-17(15)23-3;/h4-10,13H,11-12,14H2,1-3H3,(H,19,21);1H. The number of halogens is 1. The summed E-state index contributed by atoms with van der Waals surface area (Å²) in [5, 5.41) is 3.29. The molecule has 0 fully saturated rings. The Kier molecular flexibility index (Phi) is 9.68. The van der Waals surface area contributed by atoms with E-state index in [0.717, 1.165) is 23.0 Å². The van der Waals surface area contributed by atoms with Gasteiger partial charge in [0.15, 0.2) is 5.96 Å². The summed E-state index contributed by atoms with van der Waals surface area (Å²) in [6.07, 6.45) is 3.42. The number of aromatic nitrogens is 1. The number of hydrogen-bond acceptors (Lipinski definition) is 4. The Morgan fingerprint density at radius 3 is 2.72 bits per heavy atom.